The predicted octanol–water partition coefficient (Wildman–Crippen LogP) is 12.3. The molecule has 8 nitrogen and oxygen atoms in total. The molecule has 62 heavy (non-hydrogen) atoms. The number of aromatic hydroxyl groups is 6. The molecule has 3 aliphatic rings. The van der Waals surface area contributed by atoms with E-state index in [0.717, 1.165) is 29.7 Å². The Morgan fingerprint density at radius 1 is 0.742 bits per heavy atom. The number of phenolic OH excluding ortho intramolecular Hbond substituents is 6. The predicted molar refractivity (Wildman–Crippen MR) is 252 cm³/mol. The number of hydrogen-bond acceptors (Lipinski definition) is 8. The molecule has 5 aromatic carbocycles. The van der Waals surface area contributed by atoms with Gasteiger partial charge in [0.15, 0.2) is 23.0 Å². The van der Waals surface area contributed by atoms with Crippen molar-refractivity contribution in [1.82, 2.24) is 5.32 Å². The van der Waals surface area contributed by atoms with E-state index < -0.39 is 29.5 Å². The van der Waals surface area contributed by atoms with Gasteiger partial charge in [-0.05, 0) is 128 Å². The lowest BCUT2D eigenvalue weighted by Gasteiger charge is -2.29. The van der Waals surface area contributed by atoms with E-state index in [1.165, 1.54) is 61.7 Å². The summed E-state index contributed by atoms with van der Waals surface area (Å²) in [5.41, 5.74) is 17.9. The SMILES string of the molecule is CCc1c(O)c(O)c(C)c(/C(C)=C/C(NC(C)Nc2c(C3=C(C)CCC=C3)ccc3c2-c2cc(C)c4c(c2C3(C)C)-c2ccccc2C4(C)C)c2c(C)cc(O)c(O)c2O)c1O. The molecule has 2 unspecified atom stereocenters. The zero-order chi connectivity index (χ0) is 44.9. The summed E-state index contributed by atoms with van der Waals surface area (Å²) in [6, 6.07) is 16.4. The minimum absolute atomic E-state index is 0.142. The molecule has 0 aromatic heterocycles. The van der Waals surface area contributed by atoms with Crippen molar-refractivity contribution in [1.29, 1.82) is 0 Å². The van der Waals surface area contributed by atoms with Crippen molar-refractivity contribution in [2.24, 2.45) is 0 Å². The van der Waals surface area contributed by atoms with Crippen LogP contribution in [0.4, 0.5) is 5.69 Å². The monoisotopic (exact) mass is 832 g/mol. The molecule has 0 radical (unpaired) electrons. The molecule has 0 spiro atoms. The fourth-order valence-electron chi connectivity index (χ4n) is 11.1. The first-order valence-electron chi connectivity index (χ1n) is 21.8. The van der Waals surface area contributed by atoms with E-state index in [0.29, 0.717) is 27.8 Å². The lowest BCUT2D eigenvalue weighted by molar-refractivity contribution is 0.361. The minimum Gasteiger partial charge on any atom is -0.507 e. The van der Waals surface area contributed by atoms with Crippen LogP contribution in [0.25, 0.3) is 33.4 Å². The molecule has 8 rings (SSSR count). The summed E-state index contributed by atoms with van der Waals surface area (Å²) in [6.45, 7) is 22.8. The number of phenols is 6. The molecule has 0 saturated carbocycles. The maximum absolute atomic E-state index is 11.5. The first-order valence-corrected chi connectivity index (χ1v) is 21.8. The Bertz CT molecular complexity index is 2820. The molecule has 8 N–H and O–H groups in total. The lowest BCUT2D eigenvalue weighted by Crippen LogP contribution is -2.36. The standard InChI is InChI=1S/C54H60N2O6/c1-12-32-49(59)41(30(6)48(58)50(32)60)27(3)24-39(42-28(4)25-40(57)51(61)52(42)62)55-31(7)56-47-34(33-18-14-13-17-26(33)2)21-22-38-43(47)36-23-29(5)45-44(46(36)54(38,10)11)35-19-15-16-20-37(35)53(45,8)9/h14-16,18-25,31,39,55-62H,12-13,17H2,1-11H3/b27-24+. The van der Waals surface area contributed by atoms with Crippen molar-refractivity contribution in [2.75, 3.05) is 5.32 Å². The van der Waals surface area contributed by atoms with Crippen molar-refractivity contribution in [3.05, 3.63) is 134 Å². The molecular formula is C54H60N2O6. The Balaban J connectivity index is 1.32. The van der Waals surface area contributed by atoms with Crippen LogP contribution in [0.2, 0.25) is 0 Å². The molecule has 0 fully saturated rings. The van der Waals surface area contributed by atoms with Crippen molar-refractivity contribution in [2.45, 2.75) is 118 Å². The Morgan fingerprint density at radius 3 is 2.13 bits per heavy atom. The van der Waals surface area contributed by atoms with Gasteiger partial charge in [0, 0.05) is 44.2 Å². The van der Waals surface area contributed by atoms with Gasteiger partial charge in [0.05, 0.1) is 17.9 Å². The van der Waals surface area contributed by atoms with Crippen LogP contribution >= 0.6 is 0 Å². The second kappa shape index (κ2) is 15.1. The summed E-state index contributed by atoms with van der Waals surface area (Å²) >= 11 is 0. The molecule has 0 heterocycles. The van der Waals surface area contributed by atoms with Crippen LogP contribution in [0.15, 0.2) is 72.3 Å². The average molecular weight is 833 g/mol. The fourth-order valence-corrected chi connectivity index (χ4v) is 11.1. The van der Waals surface area contributed by atoms with Crippen LogP contribution in [-0.4, -0.2) is 36.8 Å². The summed E-state index contributed by atoms with van der Waals surface area (Å²) in [6.07, 6.45) is 8.05. The number of fused-ring (bicyclic) bond motifs is 7. The second-order valence-electron chi connectivity index (χ2n) is 18.8. The maximum Gasteiger partial charge on any atom is 0.200 e. The molecule has 5 aromatic rings. The van der Waals surface area contributed by atoms with Crippen molar-refractivity contribution in [3.63, 3.8) is 0 Å². The van der Waals surface area contributed by atoms with Crippen LogP contribution in [0.3, 0.4) is 0 Å². The van der Waals surface area contributed by atoms with Gasteiger partial charge in [-0.2, -0.15) is 0 Å². The summed E-state index contributed by atoms with van der Waals surface area (Å²) in [4.78, 5) is 0. The topological polar surface area (TPSA) is 145 Å². The van der Waals surface area contributed by atoms with E-state index >= 15 is 0 Å². The third-order valence-corrected chi connectivity index (χ3v) is 14.0. The molecule has 2 atom stereocenters. The van der Waals surface area contributed by atoms with Crippen LogP contribution in [0.1, 0.15) is 135 Å². The number of aryl methyl sites for hydroxylation is 2. The largest absolute Gasteiger partial charge is 0.507 e. The number of nitrogens with one attached hydrogen (secondary N) is 2. The number of hydrogen-bond donors (Lipinski definition) is 8. The second-order valence-corrected chi connectivity index (χ2v) is 18.8. The minimum atomic E-state index is -0.799. The van der Waals surface area contributed by atoms with E-state index in [1.54, 1.807) is 27.7 Å². The molecule has 0 amide bonds. The first-order chi connectivity index (χ1) is 29.2. The third-order valence-electron chi connectivity index (χ3n) is 14.0. The highest BCUT2D eigenvalue weighted by Gasteiger charge is 2.46. The highest BCUT2D eigenvalue weighted by molar-refractivity contribution is 6.02. The Hall–Kier alpha value is -6.12. The summed E-state index contributed by atoms with van der Waals surface area (Å²) < 4.78 is 0. The molecule has 0 bridgehead atoms. The van der Waals surface area contributed by atoms with Gasteiger partial charge in [-0.3, -0.25) is 5.32 Å². The van der Waals surface area contributed by atoms with Gasteiger partial charge < -0.3 is 36.0 Å². The van der Waals surface area contributed by atoms with Gasteiger partial charge in [-0.15, -0.1) is 0 Å². The lowest BCUT2D eigenvalue weighted by atomic mass is 9.75. The molecule has 322 valence electrons. The van der Waals surface area contributed by atoms with Gasteiger partial charge in [-0.25, -0.2) is 0 Å². The zero-order valence-corrected chi connectivity index (χ0v) is 37.8. The smallest absolute Gasteiger partial charge is 0.200 e. The molecule has 0 saturated heterocycles. The third kappa shape index (κ3) is 6.28. The highest BCUT2D eigenvalue weighted by Crippen LogP contribution is 2.62. The number of benzene rings is 5. The van der Waals surface area contributed by atoms with Crippen LogP contribution in [-0.2, 0) is 17.3 Å². The van der Waals surface area contributed by atoms with Gasteiger partial charge in [0.1, 0.15) is 5.75 Å². The Labute approximate surface area is 365 Å². The van der Waals surface area contributed by atoms with E-state index in [1.807, 2.05) is 13.0 Å². The van der Waals surface area contributed by atoms with Crippen LogP contribution < -0.4 is 10.6 Å². The normalized spacial score (nSPS) is 16.8. The van der Waals surface area contributed by atoms with Crippen LogP contribution in [0, 0.1) is 20.8 Å². The number of rotatable bonds is 9. The Kier molecular flexibility index (Phi) is 10.3. The number of allylic oxidation sites excluding steroid dienone is 5. The van der Waals surface area contributed by atoms with E-state index in [-0.39, 0.29) is 40.1 Å². The first kappa shape index (κ1) is 42.6. The van der Waals surface area contributed by atoms with Crippen molar-refractivity contribution < 1.29 is 30.6 Å². The van der Waals surface area contributed by atoms with Gasteiger partial charge >= 0.3 is 0 Å². The quantitative estimate of drug-likeness (QED) is 0.0416. The molecule has 0 aliphatic heterocycles. The zero-order valence-electron chi connectivity index (χ0n) is 37.8. The summed E-state index contributed by atoms with van der Waals surface area (Å²) in [5.74, 6) is -2.37. The summed E-state index contributed by atoms with van der Waals surface area (Å²) in [5, 5.41) is 73.6. The molecule has 8 heteroatoms. The fraction of sp³-hybridized carbons (Fsp3) is 0.333. The molecule has 3 aliphatic carbocycles. The van der Waals surface area contributed by atoms with Crippen LogP contribution in [0.5, 0.6) is 34.5 Å². The van der Waals surface area contributed by atoms with Gasteiger partial charge in [0.2, 0.25) is 5.75 Å². The van der Waals surface area contributed by atoms with E-state index in [2.05, 4.69) is 107 Å². The number of anilines is 1. The highest BCUT2D eigenvalue weighted by atomic mass is 16.3. The van der Waals surface area contributed by atoms with Crippen molar-refractivity contribution >= 4 is 16.8 Å². The van der Waals surface area contributed by atoms with E-state index in [4.69, 9.17) is 0 Å². The summed E-state index contributed by atoms with van der Waals surface area (Å²) in [7, 11) is 0. The van der Waals surface area contributed by atoms with Gasteiger partial charge in [-0.1, -0.05) is 101 Å². The van der Waals surface area contributed by atoms with E-state index in [9.17, 15) is 30.6 Å². The Morgan fingerprint density at radius 2 is 1.44 bits per heavy atom. The average Bonchev–Trinajstić information content (AvgIpc) is 3.59. The molecular weight excluding hydrogens is 773 g/mol. The van der Waals surface area contributed by atoms with Gasteiger partial charge in [0.25, 0.3) is 0 Å². The van der Waals surface area contributed by atoms with Crippen molar-refractivity contribution in [3.8, 4) is 56.8 Å². The maximum atomic E-state index is 11.5.